The van der Waals surface area contributed by atoms with Gasteiger partial charge in [0.05, 0.1) is 16.8 Å². The fourth-order valence-corrected chi connectivity index (χ4v) is 5.04. The Bertz CT molecular complexity index is 1240. The molecule has 1 aliphatic carbocycles. The van der Waals surface area contributed by atoms with E-state index in [-0.39, 0.29) is 12.5 Å². The summed E-state index contributed by atoms with van der Waals surface area (Å²) in [5, 5.41) is 16.6. The largest absolute Gasteiger partial charge is 0.388 e. The summed E-state index contributed by atoms with van der Waals surface area (Å²) in [6.07, 6.45) is 6.15. The van der Waals surface area contributed by atoms with Gasteiger partial charge in [0.25, 0.3) is 5.91 Å². The van der Waals surface area contributed by atoms with Gasteiger partial charge in [0.1, 0.15) is 11.3 Å². The molecule has 0 bridgehead atoms. The first-order chi connectivity index (χ1) is 15.5. The minimum atomic E-state index is -0.785. The van der Waals surface area contributed by atoms with Crippen molar-refractivity contribution in [2.45, 2.75) is 37.7 Å². The van der Waals surface area contributed by atoms with Crippen LogP contribution in [0.5, 0.6) is 0 Å². The Kier molecular flexibility index (Phi) is 5.53. The van der Waals surface area contributed by atoms with Crippen LogP contribution in [0.3, 0.4) is 0 Å². The number of hydrogen-bond donors (Lipinski definition) is 2. The molecule has 2 N–H and O–H groups in total. The second-order valence-corrected chi connectivity index (χ2v) is 9.41. The lowest BCUT2D eigenvalue weighted by Gasteiger charge is -2.22. The summed E-state index contributed by atoms with van der Waals surface area (Å²) in [5.41, 5.74) is 6.52. The van der Waals surface area contributed by atoms with E-state index in [2.05, 4.69) is 39.6 Å². The number of benzene rings is 1. The Balaban J connectivity index is 1.40. The molecular weight excluding hydrogens is 420 g/mol. The van der Waals surface area contributed by atoms with Gasteiger partial charge in [-0.2, -0.15) is 0 Å². The number of carbonyl (C=O) groups excluding carboxylic acids is 1. The fraction of sp³-hybridized carbons (Fsp3) is 0.320. The maximum atomic E-state index is 12.9. The molecule has 6 nitrogen and oxygen atoms in total. The van der Waals surface area contributed by atoms with E-state index in [1.807, 2.05) is 40.8 Å². The Hall–Kier alpha value is -3.03. The van der Waals surface area contributed by atoms with E-state index in [0.717, 1.165) is 59.1 Å². The van der Waals surface area contributed by atoms with Crippen LogP contribution in [0.15, 0.2) is 53.5 Å². The molecule has 0 saturated heterocycles. The topological polar surface area (TPSA) is 80.0 Å². The second-order valence-electron chi connectivity index (χ2n) is 8.69. The number of fused-ring (bicyclic) bond motifs is 1. The lowest BCUT2D eigenvalue weighted by atomic mass is 10.00. The van der Waals surface area contributed by atoms with E-state index in [1.165, 1.54) is 0 Å². The van der Waals surface area contributed by atoms with Crippen molar-refractivity contribution in [3.8, 4) is 11.3 Å². The highest BCUT2D eigenvalue weighted by Crippen LogP contribution is 2.29. The summed E-state index contributed by atoms with van der Waals surface area (Å²) < 4.78 is 1.94. The van der Waals surface area contributed by atoms with Crippen molar-refractivity contribution in [2.24, 2.45) is 7.05 Å². The van der Waals surface area contributed by atoms with E-state index < -0.39 is 5.60 Å². The molecule has 1 aliphatic rings. The first-order valence-corrected chi connectivity index (χ1v) is 11.9. The second kappa shape index (κ2) is 8.48. The molecule has 0 radical (unpaired) electrons. The lowest BCUT2D eigenvalue weighted by Crippen LogP contribution is -2.41. The highest BCUT2D eigenvalue weighted by atomic mass is 32.1. The number of aliphatic hydroxyl groups is 1. The van der Waals surface area contributed by atoms with Crippen molar-refractivity contribution in [3.63, 3.8) is 0 Å². The number of rotatable bonds is 6. The van der Waals surface area contributed by atoms with Crippen molar-refractivity contribution >= 4 is 28.3 Å². The summed E-state index contributed by atoms with van der Waals surface area (Å²) in [6, 6.07) is 12.3. The van der Waals surface area contributed by atoms with Gasteiger partial charge in [-0.25, -0.2) is 9.97 Å². The van der Waals surface area contributed by atoms with Gasteiger partial charge >= 0.3 is 0 Å². The van der Waals surface area contributed by atoms with Crippen molar-refractivity contribution in [2.75, 3.05) is 6.54 Å². The maximum Gasteiger partial charge on any atom is 0.270 e. The van der Waals surface area contributed by atoms with Gasteiger partial charge in [-0.3, -0.25) is 4.79 Å². The molecular formula is C25H26N4O2S. The zero-order chi connectivity index (χ0) is 22.1. The van der Waals surface area contributed by atoms with E-state index in [0.29, 0.717) is 12.1 Å². The van der Waals surface area contributed by atoms with E-state index >= 15 is 0 Å². The zero-order valence-corrected chi connectivity index (χ0v) is 18.9. The third-order valence-electron chi connectivity index (χ3n) is 6.34. The number of aromatic nitrogens is 3. The third-order valence-corrected chi connectivity index (χ3v) is 6.93. The number of amides is 1. The molecule has 7 heteroatoms. The quantitative estimate of drug-likeness (QED) is 0.462. The van der Waals surface area contributed by atoms with Crippen molar-refractivity contribution in [1.82, 2.24) is 19.9 Å². The minimum absolute atomic E-state index is 0.242. The van der Waals surface area contributed by atoms with Gasteiger partial charge in [-0.1, -0.05) is 37.1 Å². The highest BCUT2D eigenvalue weighted by molar-refractivity contribution is 7.07. The van der Waals surface area contributed by atoms with Crippen LogP contribution in [0.4, 0.5) is 0 Å². The summed E-state index contributed by atoms with van der Waals surface area (Å²) in [7, 11) is 1.94. The summed E-state index contributed by atoms with van der Waals surface area (Å²) in [5.74, 6) is -0.242. The van der Waals surface area contributed by atoms with Gasteiger partial charge in [0, 0.05) is 36.1 Å². The molecule has 32 heavy (non-hydrogen) atoms. The molecule has 0 atom stereocenters. The number of hydrogen-bond acceptors (Lipinski definition) is 5. The molecule has 164 valence electrons. The van der Waals surface area contributed by atoms with Gasteiger partial charge in [-0.15, -0.1) is 11.3 Å². The van der Waals surface area contributed by atoms with Crippen LogP contribution in [-0.4, -0.2) is 37.7 Å². The van der Waals surface area contributed by atoms with Gasteiger partial charge in [0.15, 0.2) is 0 Å². The lowest BCUT2D eigenvalue weighted by molar-refractivity contribution is 0.0448. The molecule has 1 amide bonds. The first kappa shape index (κ1) is 20.8. The monoisotopic (exact) mass is 446 g/mol. The zero-order valence-electron chi connectivity index (χ0n) is 18.0. The molecule has 3 aromatic heterocycles. The minimum Gasteiger partial charge on any atom is -0.388 e. The Morgan fingerprint density at radius 1 is 1.22 bits per heavy atom. The predicted octanol–water partition coefficient (Wildman–Crippen LogP) is 4.32. The van der Waals surface area contributed by atoms with Crippen molar-refractivity contribution in [1.29, 1.82) is 0 Å². The molecule has 3 heterocycles. The van der Waals surface area contributed by atoms with Gasteiger partial charge in [-0.05, 0) is 42.5 Å². The summed E-state index contributed by atoms with van der Waals surface area (Å²) >= 11 is 1.59. The van der Waals surface area contributed by atoms with Crippen LogP contribution >= 0.6 is 11.3 Å². The number of carbonyl (C=O) groups is 1. The first-order valence-electron chi connectivity index (χ1n) is 10.9. The predicted molar refractivity (Wildman–Crippen MR) is 127 cm³/mol. The smallest absolute Gasteiger partial charge is 0.270 e. The Morgan fingerprint density at radius 2 is 2.00 bits per heavy atom. The fourth-order valence-electron chi connectivity index (χ4n) is 4.48. The van der Waals surface area contributed by atoms with E-state index in [9.17, 15) is 9.90 Å². The van der Waals surface area contributed by atoms with Gasteiger partial charge in [0.2, 0.25) is 0 Å². The van der Waals surface area contributed by atoms with Gasteiger partial charge < -0.3 is 15.0 Å². The Labute approximate surface area is 191 Å². The highest BCUT2D eigenvalue weighted by Gasteiger charge is 2.31. The number of aryl methyl sites for hydroxylation is 1. The van der Waals surface area contributed by atoms with Crippen molar-refractivity contribution < 1.29 is 9.90 Å². The van der Waals surface area contributed by atoms with Crippen LogP contribution in [0.25, 0.3) is 22.3 Å². The number of thiazole rings is 1. The summed E-state index contributed by atoms with van der Waals surface area (Å²) in [4.78, 5) is 21.9. The molecule has 1 saturated carbocycles. The third kappa shape index (κ3) is 4.18. The standard InChI is InChI=1S/C25H26N4O2S/c1-29-11-8-20-19(12-17-4-6-18(7-5-17)22-14-32-16-27-22)13-21(28-23(20)29)24(30)26-15-25(31)9-2-3-10-25/h4-8,11,13-14,16,31H,2-3,9-10,12,15H2,1H3,(H,26,30). The number of nitrogens with one attached hydrogen (secondary N) is 1. The SMILES string of the molecule is Cn1ccc2c(Cc3ccc(-c4cscn4)cc3)cc(C(=O)NCC3(O)CCCC3)nc21. The molecule has 1 aromatic carbocycles. The van der Waals surface area contributed by atoms with E-state index in [1.54, 1.807) is 11.3 Å². The van der Waals surface area contributed by atoms with Crippen molar-refractivity contribution in [3.05, 3.63) is 70.3 Å². The molecule has 0 spiro atoms. The molecule has 1 fully saturated rings. The van der Waals surface area contributed by atoms with E-state index in [4.69, 9.17) is 0 Å². The maximum absolute atomic E-state index is 12.9. The van der Waals surface area contributed by atoms with Crippen LogP contribution in [0, 0.1) is 0 Å². The van der Waals surface area contributed by atoms with Crippen LogP contribution in [0.1, 0.15) is 47.3 Å². The number of pyridine rings is 1. The average molecular weight is 447 g/mol. The number of nitrogens with zero attached hydrogens (tertiary/aromatic N) is 3. The molecule has 0 unspecified atom stereocenters. The molecule has 4 aromatic rings. The van der Waals surface area contributed by atoms with Crippen LogP contribution in [0.2, 0.25) is 0 Å². The molecule has 0 aliphatic heterocycles. The Morgan fingerprint density at radius 3 is 2.72 bits per heavy atom. The molecule has 5 rings (SSSR count). The summed E-state index contributed by atoms with van der Waals surface area (Å²) in [6.45, 7) is 0.270. The average Bonchev–Trinajstić information content (AvgIpc) is 3.55. The van der Waals surface area contributed by atoms with Crippen LogP contribution < -0.4 is 5.32 Å². The van der Waals surface area contributed by atoms with Crippen LogP contribution in [-0.2, 0) is 13.5 Å². The normalized spacial score (nSPS) is 15.3.